The summed E-state index contributed by atoms with van der Waals surface area (Å²) in [5.74, 6) is -0.153. The molecule has 3 aromatic rings. The lowest BCUT2D eigenvalue weighted by molar-refractivity contribution is 0.494. The zero-order valence-electron chi connectivity index (χ0n) is 14.5. The molecule has 3 rings (SSSR count). The van der Waals surface area contributed by atoms with Crippen LogP contribution in [0, 0.1) is 13.8 Å². The topological polar surface area (TPSA) is 64.0 Å². The fourth-order valence-corrected chi connectivity index (χ4v) is 5.01. The second kappa shape index (κ2) is 7.92. The molecule has 1 atom stereocenters. The van der Waals surface area contributed by atoms with Crippen LogP contribution >= 0.6 is 22.9 Å². The Morgan fingerprint density at radius 1 is 1.27 bits per heavy atom. The van der Waals surface area contributed by atoms with Crippen LogP contribution in [0.5, 0.6) is 0 Å². The van der Waals surface area contributed by atoms with E-state index in [2.05, 4.69) is 9.82 Å². The lowest BCUT2D eigenvalue weighted by Gasteiger charge is -2.19. The molecule has 0 aliphatic carbocycles. The van der Waals surface area contributed by atoms with Gasteiger partial charge in [-0.25, -0.2) is 13.1 Å². The number of thiophene rings is 1. The van der Waals surface area contributed by atoms with Gasteiger partial charge in [0.1, 0.15) is 0 Å². The first-order valence-corrected chi connectivity index (χ1v) is 11.1. The first kappa shape index (κ1) is 19.1. The van der Waals surface area contributed by atoms with E-state index in [9.17, 15) is 8.42 Å². The number of aromatic nitrogens is 2. The SMILES string of the molecule is Cc1cc(C)n([C@H](CNS(=O)(=O)Cc2ccccc2Cl)c2ccsc2)n1. The van der Waals surface area contributed by atoms with Crippen molar-refractivity contribution in [3.63, 3.8) is 0 Å². The molecule has 0 aliphatic heterocycles. The Bertz CT molecular complexity index is 982. The molecule has 2 aromatic heterocycles. The van der Waals surface area contributed by atoms with Crippen LogP contribution in [0.2, 0.25) is 5.02 Å². The van der Waals surface area contributed by atoms with E-state index >= 15 is 0 Å². The van der Waals surface area contributed by atoms with Crippen LogP contribution in [0.4, 0.5) is 0 Å². The highest BCUT2D eigenvalue weighted by Crippen LogP contribution is 2.23. The quantitative estimate of drug-likeness (QED) is 0.643. The Kier molecular flexibility index (Phi) is 5.82. The summed E-state index contributed by atoms with van der Waals surface area (Å²) in [6, 6.07) is 10.7. The van der Waals surface area contributed by atoms with Crippen LogP contribution in [0.1, 0.15) is 28.6 Å². The van der Waals surface area contributed by atoms with Crippen LogP contribution in [0.3, 0.4) is 0 Å². The molecule has 0 spiro atoms. The van der Waals surface area contributed by atoms with Gasteiger partial charge in [0.2, 0.25) is 10.0 Å². The standard InChI is InChI=1S/C18H20ClN3O2S2/c1-13-9-14(2)22(21-13)18(15-7-8-25-11-15)10-20-26(23,24)12-16-5-3-4-6-17(16)19/h3-9,11,18,20H,10,12H2,1-2H3/t18-/m1/s1. The number of sulfonamides is 1. The van der Waals surface area contributed by atoms with Crippen molar-refractivity contribution in [2.45, 2.75) is 25.6 Å². The number of benzene rings is 1. The highest BCUT2D eigenvalue weighted by molar-refractivity contribution is 7.88. The lowest BCUT2D eigenvalue weighted by atomic mass is 10.1. The summed E-state index contributed by atoms with van der Waals surface area (Å²) < 4.78 is 29.7. The second-order valence-corrected chi connectivity index (χ2v) is 9.14. The smallest absolute Gasteiger partial charge is 0.215 e. The third kappa shape index (κ3) is 4.54. The minimum atomic E-state index is -3.53. The van der Waals surface area contributed by atoms with Crippen molar-refractivity contribution in [3.05, 3.63) is 74.7 Å². The van der Waals surface area contributed by atoms with E-state index < -0.39 is 10.0 Å². The molecule has 0 amide bonds. The summed E-state index contributed by atoms with van der Waals surface area (Å²) in [5.41, 5.74) is 3.51. The maximum absolute atomic E-state index is 12.6. The van der Waals surface area contributed by atoms with Gasteiger partial charge in [-0.15, -0.1) is 0 Å². The van der Waals surface area contributed by atoms with Crippen LogP contribution in [-0.4, -0.2) is 24.7 Å². The Balaban J connectivity index is 1.80. The fraction of sp³-hybridized carbons (Fsp3) is 0.278. The molecular formula is C18H20ClN3O2S2. The first-order valence-electron chi connectivity index (χ1n) is 8.11. The van der Waals surface area contributed by atoms with Crippen molar-refractivity contribution in [2.24, 2.45) is 0 Å². The number of aryl methyl sites for hydroxylation is 2. The number of nitrogens with zero attached hydrogens (tertiary/aromatic N) is 2. The van der Waals surface area contributed by atoms with E-state index in [0.29, 0.717) is 10.6 Å². The molecule has 1 N–H and O–H groups in total. The fourth-order valence-electron chi connectivity index (χ4n) is 2.85. The van der Waals surface area contributed by atoms with Gasteiger partial charge in [0.15, 0.2) is 0 Å². The largest absolute Gasteiger partial charge is 0.261 e. The zero-order valence-corrected chi connectivity index (χ0v) is 16.9. The third-order valence-electron chi connectivity index (χ3n) is 4.07. The molecule has 1 aromatic carbocycles. The number of nitrogens with one attached hydrogen (secondary N) is 1. The van der Waals surface area contributed by atoms with Gasteiger partial charge in [0.05, 0.1) is 17.5 Å². The van der Waals surface area contributed by atoms with Gasteiger partial charge in [-0.2, -0.15) is 16.4 Å². The Morgan fingerprint density at radius 2 is 2.04 bits per heavy atom. The van der Waals surface area contributed by atoms with Crippen molar-refractivity contribution in [1.29, 1.82) is 0 Å². The van der Waals surface area contributed by atoms with Gasteiger partial charge in [0.25, 0.3) is 0 Å². The average Bonchev–Trinajstić information content (AvgIpc) is 3.20. The van der Waals surface area contributed by atoms with E-state index in [1.54, 1.807) is 35.6 Å². The maximum atomic E-state index is 12.6. The van der Waals surface area contributed by atoms with Gasteiger partial charge < -0.3 is 0 Å². The number of hydrogen-bond acceptors (Lipinski definition) is 4. The van der Waals surface area contributed by atoms with Crippen molar-refractivity contribution < 1.29 is 8.42 Å². The first-order chi connectivity index (χ1) is 12.4. The molecule has 0 saturated carbocycles. The summed E-state index contributed by atoms with van der Waals surface area (Å²) >= 11 is 7.67. The summed E-state index contributed by atoms with van der Waals surface area (Å²) in [7, 11) is -3.53. The summed E-state index contributed by atoms with van der Waals surface area (Å²) in [4.78, 5) is 0. The Hall–Kier alpha value is -1.67. The molecular weight excluding hydrogens is 390 g/mol. The van der Waals surface area contributed by atoms with Gasteiger partial charge >= 0.3 is 0 Å². The number of rotatable bonds is 7. The zero-order chi connectivity index (χ0) is 18.7. The molecule has 8 heteroatoms. The van der Waals surface area contributed by atoms with Gasteiger partial charge in [-0.05, 0) is 53.9 Å². The van der Waals surface area contributed by atoms with Crippen molar-refractivity contribution in [3.8, 4) is 0 Å². The third-order valence-corrected chi connectivity index (χ3v) is 6.44. The van der Waals surface area contributed by atoms with Crippen LogP contribution in [0.25, 0.3) is 0 Å². The number of hydrogen-bond donors (Lipinski definition) is 1. The van der Waals surface area contributed by atoms with E-state index in [1.165, 1.54) is 0 Å². The molecule has 0 fully saturated rings. The Morgan fingerprint density at radius 3 is 2.65 bits per heavy atom. The number of halogens is 1. The predicted molar refractivity (Wildman–Crippen MR) is 106 cm³/mol. The molecule has 0 radical (unpaired) electrons. The molecule has 0 saturated heterocycles. The summed E-state index contributed by atoms with van der Waals surface area (Å²) in [6.45, 7) is 4.12. The van der Waals surface area contributed by atoms with Crippen LogP contribution in [0.15, 0.2) is 47.2 Å². The monoisotopic (exact) mass is 409 g/mol. The molecule has 5 nitrogen and oxygen atoms in total. The van der Waals surface area contributed by atoms with E-state index in [1.807, 2.05) is 41.4 Å². The minimum absolute atomic E-state index is 0.153. The molecule has 0 bridgehead atoms. The average molecular weight is 410 g/mol. The molecule has 0 unspecified atom stereocenters. The lowest BCUT2D eigenvalue weighted by Crippen LogP contribution is -2.33. The molecule has 138 valence electrons. The van der Waals surface area contributed by atoms with E-state index in [4.69, 9.17) is 11.6 Å². The molecule has 0 aliphatic rings. The molecule has 2 heterocycles. The molecule has 26 heavy (non-hydrogen) atoms. The van der Waals surface area contributed by atoms with Crippen LogP contribution < -0.4 is 4.72 Å². The highest BCUT2D eigenvalue weighted by Gasteiger charge is 2.21. The van der Waals surface area contributed by atoms with Crippen molar-refractivity contribution in [2.75, 3.05) is 6.54 Å². The normalized spacial score (nSPS) is 13.0. The second-order valence-electron chi connectivity index (χ2n) is 6.14. The predicted octanol–water partition coefficient (Wildman–Crippen LogP) is 3.92. The van der Waals surface area contributed by atoms with Gasteiger partial charge in [-0.1, -0.05) is 29.8 Å². The summed E-state index contributed by atoms with van der Waals surface area (Å²) in [6.07, 6.45) is 0. The van der Waals surface area contributed by atoms with Gasteiger partial charge in [-0.3, -0.25) is 4.68 Å². The van der Waals surface area contributed by atoms with Crippen LogP contribution in [-0.2, 0) is 15.8 Å². The van der Waals surface area contributed by atoms with Gasteiger partial charge in [0, 0.05) is 17.3 Å². The van der Waals surface area contributed by atoms with E-state index in [0.717, 1.165) is 17.0 Å². The Labute approximate surface area is 162 Å². The van der Waals surface area contributed by atoms with Crippen molar-refractivity contribution in [1.82, 2.24) is 14.5 Å². The van der Waals surface area contributed by atoms with E-state index in [-0.39, 0.29) is 18.3 Å². The van der Waals surface area contributed by atoms with Crippen molar-refractivity contribution >= 4 is 33.0 Å². The minimum Gasteiger partial charge on any atom is -0.261 e. The maximum Gasteiger partial charge on any atom is 0.215 e. The highest BCUT2D eigenvalue weighted by atomic mass is 35.5. The summed E-state index contributed by atoms with van der Waals surface area (Å²) in [5, 5.41) is 8.98.